The number of anilines is 1. The van der Waals surface area contributed by atoms with Gasteiger partial charge in [0.2, 0.25) is 5.89 Å². The molecule has 2 aromatic heterocycles. The summed E-state index contributed by atoms with van der Waals surface area (Å²) in [5.74, 6) is 0.471. The molecular weight excluding hydrogens is 370 g/mol. The van der Waals surface area contributed by atoms with Gasteiger partial charge in [0.05, 0.1) is 36.8 Å². The van der Waals surface area contributed by atoms with Crippen LogP contribution in [0, 0.1) is 4.84 Å². The first-order valence-corrected chi connectivity index (χ1v) is 9.37. The number of nitrogens with zero attached hydrogens (tertiary/aromatic N) is 3. The molecule has 26 heavy (non-hydrogen) atoms. The molecule has 0 radical (unpaired) electrons. The SMILES string of the molecule is S=c1oc(-c2ccccc2Cl)nn1C[NH+]1CCN(c2cc[nH+]cc2)CC1. The molecule has 1 saturated heterocycles. The highest BCUT2D eigenvalue weighted by Gasteiger charge is 2.22. The van der Waals surface area contributed by atoms with Gasteiger partial charge >= 0.3 is 0 Å². The van der Waals surface area contributed by atoms with Crippen molar-refractivity contribution in [1.82, 2.24) is 9.78 Å². The molecule has 0 aliphatic carbocycles. The van der Waals surface area contributed by atoms with Crippen molar-refractivity contribution in [2.75, 3.05) is 31.1 Å². The molecule has 0 atom stereocenters. The van der Waals surface area contributed by atoms with Crippen LogP contribution in [-0.4, -0.2) is 36.0 Å². The third-order valence-corrected chi connectivity index (χ3v) is 5.24. The van der Waals surface area contributed by atoms with E-state index in [1.807, 2.05) is 36.7 Å². The highest BCUT2D eigenvalue weighted by molar-refractivity contribution is 7.71. The largest absolute Gasteiger partial charge is 0.409 e. The molecular formula is C18H20ClN5OS+2. The van der Waals surface area contributed by atoms with E-state index in [4.69, 9.17) is 28.2 Å². The Morgan fingerprint density at radius 2 is 1.88 bits per heavy atom. The zero-order valence-electron chi connectivity index (χ0n) is 14.2. The number of rotatable bonds is 4. The third kappa shape index (κ3) is 3.65. The van der Waals surface area contributed by atoms with E-state index in [0.29, 0.717) is 22.4 Å². The molecule has 1 aromatic carbocycles. The maximum Gasteiger partial charge on any atom is 0.292 e. The third-order valence-electron chi connectivity index (χ3n) is 4.62. The van der Waals surface area contributed by atoms with E-state index in [1.165, 1.54) is 10.6 Å². The summed E-state index contributed by atoms with van der Waals surface area (Å²) in [6, 6.07) is 11.7. The summed E-state index contributed by atoms with van der Waals surface area (Å²) >= 11 is 11.6. The second kappa shape index (κ2) is 7.57. The first kappa shape index (κ1) is 17.2. The molecule has 0 bridgehead atoms. The quantitative estimate of drug-likeness (QED) is 0.690. The monoisotopic (exact) mass is 389 g/mol. The first-order chi connectivity index (χ1) is 12.7. The number of quaternary nitrogens is 1. The molecule has 0 saturated carbocycles. The van der Waals surface area contributed by atoms with Crippen LogP contribution >= 0.6 is 23.8 Å². The van der Waals surface area contributed by atoms with Gasteiger partial charge in [0, 0.05) is 17.8 Å². The van der Waals surface area contributed by atoms with Gasteiger partial charge in [-0.15, -0.1) is 5.10 Å². The van der Waals surface area contributed by atoms with Gasteiger partial charge in [-0.1, -0.05) is 23.7 Å². The van der Waals surface area contributed by atoms with Crippen LogP contribution < -0.4 is 14.8 Å². The number of benzene rings is 1. The zero-order chi connectivity index (χ0) is 17.9. The second-order valence-corrected chi connectivity index (χ2v) is 7.06. The van der Waals surface area contributed by atoms with Crippen LogP contribution in [0.5, 0.6) is 0 Å². The fourth-order valence-electron chi connectivity index (χ4n) is 3.19. The van der Waals surface area contributed by atoms with Gasteiger partial charge in [0.15, 0.2) is 19.1 Å². The van der Waals surface area contributed by atoms with Crippen LogP contribution in [0.25, 0.3) is 11.5 Å². The maximum atomic E-state index is 6.23. The Balaban J connectivity index is 1.43. The van der Waals surface area contributed by atoms with Gasteiger partial charge < -0.3 is 14.2 Å². The lowest BCUT2D eigenvalue weighted by atomic mass is 10.2. The van der Waals surface area contributed by atoms with E-state index in [-0.39, 0.29) is 0 Å². The van der Waals surface area contributed by atoms with Gasteiger partial charge in [-0.3, -0.25) is 0 Å². The highest BCUT2D eigenvalue weighted by atomic mass is 35.5. The van der Waals surface area contributed by atoms with Gasteiger partial charge in [-0.25, -0.2) is 4.98 Å². The standard InChI is InChI=1S/C18H18ClN5OS/c19-16-4-2-1-3-15(16)17-21-24(18(26)25-17)13-22-9-11-23(12-10-22)14-5-7-20-8-6-14/h1-8H,9-13H2/p+2. The molecule has 1 aliphatic heterocycles. The molecule has 0 amide bonds. The average Bonchev–Trinajstić information content (AvgIpc) is 3.04. The van der Waals surface area contributed by atoms with Crippen LogP contribution in [0.4, 0.5) is 5.69 Å². The zero-order valence-corrected chi connectivity index (χ0v) is 15.8. The van der Waals surface area contributed by atoms with E-state index in [9.17, 15) is 0 Å². The van der Waals surface area contributed by atoms with Crippen LogP contribution in [0.3, 0.4) is 0 Å². The van der Waals surface area contributed by atoms with Crippen molar-refractivity contribution >= 4 is 29.5 Å². The number of hydrogen-bond acceptors (Lipinski definition) is 4. The minimum atomic E-state index is 0.383. The number of halogens is 1. The fraction of sp³-hybridized carbons (Fsp3) is 0.278. The van der Waals surface area contributed by atoms with E-state index in [1.54, 1.807) is 4.68 Å². The minimum absolute atomic E-state index is 0.383. The van der Waals surface area contributed by atoms with Crippen LogP contribution in [0.1, 0.15) is 0 Å². The van der Waals surface area contributed by atoms with Gasteiger partial charge in [-0.05, 0) is 24.4 Å². The molecule has 134 valence electrons. The molecule has 8 heteroatoms. The Kier molecular flexibility index (Phi) is 5.01. The van der Waals surface area contributed by atoms with E-state index < -0.39 is 0 Å². The van der Waals surface area contributed by atoms with E-state index >= 15 is 0 Å². The average molecular weight is 390 g/mol. The van der Waals surface area contributed by atoms with E-state index in [0.717, 1.165) is 31.7 Å². The summed E-state index contributed by atoms with van der Waals surface area (Å²) < 4.78 is 7.43. The predicted octanol–water partition coefficient (Wildman–Crippen LogP) is 1.70. The Bertz CT molecular complexity index is 934. The molecule has 3 heterocycles. The summed E-state index contributed by atoms with van der Waals surface area (Å²) in [5.41, 5.74) is 2.02. The lowest BCUT2D eigenvalue weighted by molar-refractivity contribution is -0.924. The molecule has 6 nitrogen and oxygen atoms in total. The fourth-order valence-corrected chi connectivity index (χ4v) is 3.59. The van der Waals surface area contributed by atoms with Gasteiger partial charge in [-0.2, -0.15) is 4.68 Å². The number of aromatic nitrogens is 3. The topological polar surface area (TPSA) is 52.8 Å². The number of hydrogen-bond donors (Lipinski definition) is 1. The summed E-state index contributed by atoms with van der Waals surface area (Å²) in [5, 5.41) is 5.14. The summed E-state index contributed by atoms with van der Waals surface area (Å²) in [6.07, 6.45) is 3.92. The normalized spacial score (nSPS) is 15.3. The maximum absolute atomic E-state index is 6.23. The van der Waals surface area contributed by atoms with Crippen molar-refractivity contribution in [1.29, 1.82) is 0 Å². The van der Waals surface area contributed by atoms with E-state index in [2.05, 4.69) is 27.1 Å². The first-order valence-electron chi connectivity index (χ1n) is 8.58. The number of H-pyrrole nitrogens is 1. The molecule has 4 rings (SSSR count). The molecule has 3 aromatic rings. The van der Waals surface area contributed by atoms with Crippen molar-refractivity contribution in [3.63, 3.8) is 0 Å². The Morgan fingerprint density at radius 3 is 2.62 bits per heavy atom. The van der Waals surface area contributed by atoms with Crippen molar-refractivity contribution < 1.29 is 14.3 Å². The van der Waals surface area contributed by atoms with Crippen LogP contribution in [0.15, 0.2) is 53.2 Å². The van der Waals surface area contributed by atoms with Crippen molar-refractivity contribution in [2.45, 2.75) is 6.67 Å². The highest BCUT2D eigenvalue weighted by Crippen LogP contribution is 2.26. The van der Waals surface area contributed by atoms with Gasteiger partial charge in [0.25, 0.3) is 4.84 Å². The number of piperazine rings is 1. The van der Waals surface area contributed by atoms with Crippen LogP contribution in [-0.2, 0) is 6.67 Å². The molecule has 1 fully saturated rings. The summed E-state index contributed by atoms with van der Waals surface area (Å²) in [7, 11) is 0. The lowest BCUT2D eigenvalue weighted by Crippen LogP contribution is -3.14. The smallest absolute Gasteiger partial charge is 0.292 e. The molecule has 1 aliphatic rings. The number of aromatic amines is 1. The Hall–Kier alpha value is -2.22. The number of nitrogens with one attached hydrogen (secondary N) is 2. The molecule has 2 N–H and O–H groups in total. The summed E-state index contributed by atoms with van der Waals surface area (Å²) in [4.78, 5) is 7.27. The van der Waals surface area contributed by atoms with Crippen molar-refractivity contribution in [2.24, 2.45) is 0 Å². The van der Waals surface area contributed by atoms with Gasteiger partial charge in [0.1, 0.15) is 0 Å². The number of pyridine rings is 1. The Labute approximate surface area is 161 Å². The molecule has 0 spiro atoms. The second-order valence-electron chi connectivity index (χ2n) is 6.31. The Morgan fingerprint density at radius 1 is 1.15 bits per heavy atom. The van der Waals surface area contributed by atoms with Crippen LogP contribution in [0.2, 0.25) is 5.02 Å². The minimum Gasteiger partial charge on any atom is -0.409 e. The molecule has 0 unspecified atom stereocenters. The predicted molar refractivity (Wildman–Crippen MR) is 102 cm³/mol. The van der Waals surface area contributed by atoms with Crippen molar-refractivity contribution in [3.8, 4) is 11.5 Å². The summed E-state index contributed by atoms with van der Waals surface area (Å²) in [6.45, 7) is 4.75. The van der Waals surface area contributed by atoms with Crippen molar-refractivity contribution in [3.05, 3.63) is 58.7 Å². The lowest BCUT2D eigenvalue weighted by Gasteiger charge is -2.32.